The van der Waals surface area contributed by atoms with E-state index in [0.29, 0.717) is 33.7 Å². The molecule has 2 unspecified atom stereocenters. The molecule has 1 aliphatic heterocycles. The fourth-order valence-corrected chi connectivity index (χ4v) is 2.95. The number of nitrogens with one attached hydrogen (secondary N) is 4. The highest BCUT2D eigenvalue weighted by Gasteiger charge is 2.26. The van der Waals surface area contributed by atoms with Gasteiger partial charge in [0.15, 0.2) is 6.29 Å². The number of anilines is 2. The molecule has 1 aromatic heterocycles. The highest BCUT2D eigenvalue weighted by Crippen LogP contribution is 2.25. The van der Waals surface area contributed by atoms with Gasteiger partial charge in [0.2, 0.25) is 5.91 Å². The van der Waals surface area contributed by atoms with Crippen molar-refractivity contribution in [1.82, 2.24) is 20.4 Å². The maximum absolute atomic E-state index is 12.3. The standard InChI is InChI=1S/C16H18Cl2N6O2/c1-8-6-14(25)22-15(19-8)24-13(5-9(2)23-24)21-16(26)20-10-3-4-11(17)12(18)7-10/h3-5,7-8,15,19H,6H2,1-2H3,(H,22,25)(H2,20,21,26). The van der Waals surface area contributed by atoms with Crippen LogP contribution >= 0.6 is 23.2 Å². The molecule has 10 heteroatoms. The first kappa shape index (κ1) is 18.5. The molecule has 138 valence electrons. The Kier molecular flexibility index (Phi) is 5.36. The van der Waals surface area contributed by atoms with Crippen LogP contribution in [0.5, 0.6) is 0 Å². The lowest BCUT2D eigenvalue weighted by Gasteiger charge is -2.30. The SMILES string of the molecule is Cc1cc(NC(=O)Nc2ccc(Cl)c(Cl)c2)n(C2NC(=O)CC(C)N2)n1. The van der Waals surface area contributed by atoms with E-state index >= 15 is 0 Å². The van der Waals surface area contributed by atoms with Crippen molar-refractivity contribution in [2.45, 2.75) is 32.6 Å². The summed E-state index contributed by atoms with van der Waals surface area (Å²) in [5.74, 6) is 0.354. The second kappa shape index (κ2) is 7.53. The number of hydrogen-bond donors (Lipinski definition) is 4. The molecule has 1 aromatic carbocycles. The van der Waals surface area contributed by atoms with Crippen molar-refractivity contribution in [2.75, 3.05) is 10.6 Å². The van der Waals surface area contributed by atoms with Gasteiger partial charge in [0.25, 0.3) is 0 Å². The van der Waals surface area contributed by atoms with Crippen molar-refractivity contribution in [3.8, 4) is 0 Å². The van der Waals surface area contributed by atoms with Crippen molar-refractivity contribution in [3.05, 3.63) is 40.0 Å². The van der Waals surface area contributed by atoms with E-state index in [2.05, 4.69) is 26.4 Å². The first-order chi connectivity index (χ1) is 12.3. The van der Waals surface area contributed by atoms with Crippen LogP contribution in [0.1, 0.15) is 25.3 Å². The van der Waals surface area contributed by atoms with E-state index < -0.39 is 12.3 Å². The molecule has 26 heavy (non-hydrogen) atoms. The zero-order chi connectivity index (χ0) is 18.8. The zero-order valence-corrected chi connectivity index (χ0v) is 15.6. The summed E-state index contributed by atoms with van der Waals surface area (Å²) in [7, 11) is 0. The average Bonchev–Trinajstić information content (AvgIpc) is 2.90. The predicted molar refractivity (Wildman–Crippen MR) is 100 cm³/mol. The van der Waals surface area contributed by atoms with E-state index in [1.54, 1.807) is 31.2 Å². The first-order valence-corrected chi connectivity index (χ1v) is 8.72. The van der Waals surface area contributed by atoms with Gasteiger partial charge in [-0.1, -0.05) is 23.2 Å². The number of aryl methyl sites for hydroxylation is 1. The molecule has 1 fully saturated rings. The number of carbonyl (C=O) groups excluding carboxylic acids is 2. The summed E-state index contributed by atoms with van der Waals surface area (Å²) < 4.78 is 1.53. The van der Waals surface area contributed by atoms with Crippen LogP contribution < -0.4 is 21.3 Å². The largest absolute Gasteiger partial charge is 0.324 e. The molecule has 2 atom stereocenters. The molecule has 8 nitrogen and oxygen atoms in total. The quantitative estimate of drug-likeness (QED) is 0.640. The Morgan fingerprint density at radius 2 is 2.04 bits per heavy atom. The second-order valence-corrected chi connectivity index (χ2v) is 6.88. The Bertz CT molecular complexity index is 853. The number of halogens is 2. The van der Waals surface area contributed by atoms with Crippen molar-refractivity contribution >= 4 is 46.6 Å². The van der Waals surface area contributed by atoms with Gasteiger partial charge in [0, 0.05) is 24.2 Å². The molecule has 0 spiro atoms. The minimum Gasteiger partial charge on any atom is -0.322 e. The van der Waals surface area contributed by atoms with Crippen LogP contribution in [-0.2, 0) is 4.79 Å². The van der Waals surface area contributed by atoms with E-state index in [1.807, 2.05) is 6.92 Å². The number of hydrogen-bond acceptors (Lipinski definition) is 4. The van der Waals surface area contributed by atoms with Gasteiger partial charge in [-0.25, -0.2) is 9.48 Å². The molecule has 0 radical (unpaired) electrons. The van der Waals surface area contributed by atoms with Crippen LogP contribution in [0.15, 0.2) is 24.3 Å². The molecule has 1 aliphatic rings. The molecule has 2 aromatic rings. The van der Waals surface area contributed by atoms with Crippen molar-refractivity contribution in [1.29, 1.82) is 0 Å². The molecule has 2 heterocycles. The van der Waals surface area contributed by atoms with Gasteiger partial charge in [-0.2, -0.15) is 5.10 Å². The second-order valence-electron chi connectivity index (χ2n) is 6.07. The number of urea groups is 1. The highest BCUT2D eigenvalue weighted by atomic mass is 35.5. The number of rotatable bonds is 3. The number of aromatic nitrogens is 2. The van der Waals surface area contributed by atoms with Crippen molar-refractivity contribution < 1.29 is 9.59 Å². The summed E-state index contributed by atoms with van der Waals surface area (Å²) >= 11 is 11.8. The van der Waals surface area contributed by atoms with E-state index in [4.69, 9.17) is 23.2 Å². The summed E-state index contributed by atoms with van der Waals surface area (Å²) in [5, 5.41) is 16.5. The topological polar surface area (TPSA) is 100 Å². The predicted octanol–water partition coefficient (Wildman–Crippen LogP) is 3.10. The monoisotopic (exact) mass is 396 g/mol. The Labute approximate surface area is 160 Å². The summed E-state index contributed by atoms with van der Waals surface area (Å²) in [6, 6.07) is 6.02. The van der Waals surface area contributed by atoms with Crippen LogP contribution in [0, 0.1) is 6.92 Å². The Hall–Kier alpha value is -2.29. The van der Waals surface area contributed by atoms with Crippen LogP contribution in [0.2, 0.25) is 10.0 Å². The third-order valence-corrected chi connectivity index (χ3v) is 4.49. The molecular weight excluding hydrogens is 379 g/mol. The minimum atomic E-state index is -0.541. The number of carbonyl (C=O) groups is 2. The van der Waals surface area contributed by atoms with Gasteiger partial charge in [0.05, 0.1) is 15.7 Å². The molecule has 3 rings (SSSR count). The smallest absolute Gasteiger partial charge is 0.322 e. The lowest BCUT2D eigenvalue weighted by molar-refractivity contribution is -0.125. The minimum absolute atomic E-state index is 0.00357. The van der Waals surface area contributed by atoms with Crippen LogP contribution in [0.25, 0.3) is 0 Å². The molecule has 1 saturated heterocycles. The lowest BCUT2D eigenvalue weighted by Crippen LogP contribution is -2.52. The van der Waals surface area contributed by atoms with Gasteiger partial charge in [0.1, 0.15) is 5.82 Å². The Morgan fingerprint density at radius 1 is 1.27 bits per heavy atom. The summed E-state index contributed by atoms with van der Waals surface area (Å²) in [4.78, 5) is 24.1. The van der Waals surface area contributed by atoms with E-state index in [-0.39, 0.29) is 11.9 Å². The molecular formula is C16H18Cl2N6O2. The van der Waals surface area contributed by atoms with Gasteiger partial charge in [-0.3, -0.25) is 15.4 Å². The molecule has 0 saturated carbocycles. The van der Waals surface area contributed by atoms with Gasteiger partial charge in [-0.05, 0) is 32.0 Å². The fraction of sp³-hybridized carbons (Fsp3) is 0.312. The van der Waals surface area contributed by atoms with Crippen molar-refractivity contribution in [2.24, 2.45) is 0 Å². The maximum atomic E-state index is 12.3. The zero-order valence-electron chi connectivity index (χ0n) is 14.1. The molecule has 4 N–H and O–H groups in total. The van der Waals surface area contributed by atoms with Gasteiger partial charge < -0.3 is 10.6 Å². The highest BCUT2D eigenvalue weighted by molar-refractivity contribution is 6.42. The Balaban J connectivity index is 1.74. The average molecular weight is 397 g/mol. The van der Waals surface area contributed by atoms with Crippen molar-refractivity contribution in [3.63, 3.8) is 0 Å². The summed E-state index contributed by atoms with van der Waals surface area (Å²) in [6.45, 7) is 3.71. The summed E-state index contributed by atoms with van der Waals surface area (Å²) in [6.07, 6.45) is -0.155. The molecule has 0 aliphatic carbocycles. The van der Waals surface area contributed by atoms with Crippen LogP contribution in [0.4, 0.5) is 16.3 Å². The molecule has 0 bridgehead atoms. The van der Waals surface area contributed by atoms with Gasteiger partial charge in [-0.15, -0.1) is 0 Å². The maximum Gasteiger partial charge on any atom is 0.324 e. The summed E-state index contributed by atoms with van der Waals surface area (Å²) in [5.41, 5.74) is 1.20. The number of nitrogens with zero attached hydrogens (tertiary/aromatic N) is 2. The lowest BCUT2D eigenvalue weighted by atomic mass is 10.2. The first-order valence-electron chi connectivity index (χ1n) is 7.96. The normalized spacial score (nSPS) is 19.8. The number of benzene rings is 1. The van der Waals surface area contributed by atoms with E-state index in [0.717, 1.165) is 0 Å². The fourth-order valence-electron chi connectivity index (χ4n) is 2.65. The molecule has 3 amide bonds. The van der Waals surface area contributed by atoms with E-state index in [1.165, 1.54) is 4.68 Å². The third-order valence-electron chi connectivity index (χ3n) is 3.75. The van der Waals surface area contributed by atoms with Gasteiger partial charge >= 0.3 is 6.03 Å². The van der Waals surface area contributed by atoms with Crippen LogP contribution in [0.3, 0.4) is 0 Å². The number of amides is 3. The third kappa shape index (κ3) is 4.27. The Morgan fingerprint density at radius 3 is 2.73 bits per heavy atom. The van der Waals surface area contributed by atoms with E-state index in [9.17, 15) is 9.59 Å². The van der Waals surface area contributed by atoms with Crippen LogP contribution in [-0.4, -0.2) is 27.8 Å².